The Kier molecular flexibility index (Phi) is 4.37. The van der Waals surface area contributed by atoms with E-state index in [2.05, 4.69) is 5.32 Å². The number of nitrogens with one attached hydrogen (secondary N) is 1. The van der Waals surface area contributed by atoms with E-state index >= 15 is 0 Å². The summed E-state index contributed by atoms with van der Waals surface area (Å²) < 4.78 is 13.5. The lowest BCUT2D eigenvalue weighted by Crippen LogP contribution is -2.36. The number of halogens is 1. The molecule has 0 spiro atoms. The van der Waals surface area contributed by atoms with Crippen LogP contribution in [0, 0.1) is 5.82 Å². The Morgan fingerprint density at radius 2 is 2.18 bits per heavy atom. The molecule has 0 radical (unpaired) electrons. The van der Waals surface area contributed by atoms with Gasteiger partial charge >= 0.3 is 0 Å². The second-order valence-electron chi connectivity index (χ2n) is 4.81. The lowest BCUT2D eigenvalue weighted by molar-refractivity contribution is 0.384. The number of anilines is 1. The van der Waals surface area contributed by atoms with Crippen LogP contribution in [0.4, 0.5) is 10.1 Å². The van der Waals surface area contributed by atoms with Gasteiger partial charge in [0.1, 0.15) is 5.82 Å². The van der Waals surface area contributed by atoms with Crippen LogP contribution in [-0.2, 0) is 0 Å². The van der Waals surface area contributed by atoms with Gasteiger partial charge in [0.05, 0.1) is 5.69 Å². The molecule has 0 saturated carbocycles. The molecule has 1 saturated heterocycles. The molecular weight excluding hydrogens is 215 g/mol. The van der Waals surface area contributed by atoms with Crippen molar-refractivity contribution in [2.75, 3.05) is 25.0 Å². The summed E-state index contributed by atoms with van der Waals surface area (Å²) in [4.78, 5) is 2.01. The first kappa shape index (κ1) is 12.4. The van der Waals surface area contributed by atoms with Crippen molar-refractivity contribution in [1.29, 1.82) is 0 Å². The van der Waals surface area contributed by atoms with Gasteiger partial charge in [-0.05, 0) is 37.9 Å². The summed E-state index contributed by atoms with van der Waals surface area (Å²) >= 11 is 0. The molecule has 1 aliphatic rings. The standard InChI is InChI=1S/C14H21FN2/c1-17(14-8-3-2-7-13(14)15)11-9-12-6-4-5-10-16-12/h2-3,7-8,12,16H,4-6,9-11H2,1H3. The Labute approximate surface area is 103 Å². The summed E-state index contributed by atoms with van der Waals surface area (Å²) in [5.41, 5.74) is 0.698. The second-order valence-corrected chi connectivity index (χ2v) is 4.81. The Balaban J connectivity index is 1.84. The first-order chi connectivity index (χ1) is 8.27. The molecule has 1 unspecified atom stereocenters. The Morgan fingerprint density at radius 1 is 1.35 bits per heavy atom. The van der Waals surface area contributed by atoms with Crippen LogP contribution >= 0.6 is 0 Å². The molecule has 1 fully saturated rings. The highest BCUT2D eigenvalue weighted by atomic mass is 19.1. The zero-order valence-electron chi connectivity index (χ0n) is 10.5. The molecule has 1 aromatic carbocycles. The zero-order chi connectivity index (χ0) is 12.1. The molecule has 2 nitrogen and oxygen atoms in total. The van der Waals surface area contributed by atoms with E-state index in [0.717, 1.165) is 19.5 Å². The molecule has 17 heavy (non-hydrogen) atoms. The summed E-state index contributed by atoms with van der Waals surface area (Å²) in [6, 6.07) is 7.58. The number of hydrogen-bond donors (Lipinski definition) is 1. The van der Waals surface area contributed by atoms with Gasteiger partial charge in [-0.25, -0.2) is 4.39 Å². The largest absolute Gasteiger partial charge is 0.372 e. The van der Waals surface area contributed by atoms with Gasteiger partial charge in [0.2, 0.25) is 0 Å². The van der Waals surface area contributed by atoms with Gasteiger partial charge in [-0.1, -0.05) is 18.6 Å². The maximum absolute atomic E-state index is 13.5. The van der Waals surface area contributed by atoms with Gasteiger partial charge in [-0.3, -0.25) is 0 Å². The van der Waals surface area contributed by atoms with Crippen LogP contribution in [-0.4, -0.2) is 26.2 Å². The lowest BCUT2D eigenvalue weighted by Gasteiger charge is -2.27. The van der Waals surface area contributed by atoms with Crippen LogP contribution in [0.2, 0.25) is 0 Å². The number of hydrogen-bond acceptors (Lipinski definition) is 2. The minimum absolute atomic E-state index is 0.133. The number of piperidine rings is 1. The minimum Gasteiger partial charge on any atom is -0.372 e. The molecule has 0 aliphatic carbocycles. The normalized spacial score (nSPS) is 20.2. The molecule has 0 amide bonds. The summed E-state index contributed by atoms with van der Waals surface area (Å²) in [6.07, 6.45) is 4.96. The summed E-state index contributed by atoms with van der Waals surface area (Å²) in [6.45, 7) is 2.03. The molecule has 1 N–H and O–H groups in total. The van der Waals surface area contributed by atoms with E-state index in [9.17, 15) is 4.39 Å². The number of nitrogens with zero attached hydrogens (tertiary/aromatic N) is 1. The van der Waals surface area contributed by atoms with E-state index in [4.69, 9.17) is 0 Å². The van der Waals surface area contributed by atoms with E-state index in [1.54, 1.807) is 6.07 Å². The second kappa shape index (κ2) is 6.01. The van der Waals surface area contributed by atoms with E-state index < -0.39 is 0 Å². The SMILES string of the molecule is CN(CCC1CCCCN1)c1ccccc1F. The highest BCUT2D eigenvalue weighted by Gasteiger charge is 2.14. The monoisotopic (exact) mass is 236 g/mol. The highest BCUT2D eigenvalue weighted by molar-refractivity contribution is 5.46. The molecule has 3 heteroatoms. The average molecular weight is 236 g/mol. The molecule has 0 bridgehead atoms. The van der Waals surface area contributed by atoms with E-state index in [0.29, 0.717) is 11.7 Å². The third kappa shape index (κ3) is 3.43. The fraction of sp³-hybridized carbons (Fsp3) is 0.571. The molecule has 0 aromatic heterocycles. The summed E-state index contributed by atoms with van der Waals surface area (Å²) in [5, 5.41) is 3.52. The first-order valence-corrected chi connectivity index (χ1v) is 6.46. The number of rotatable bonds is 4. The van der Waals surface area contributed by atoms with E-state index in [1.165, 1.54) is 25.3 Å². The molecule has 1 heterocycles. The van der Waals surface area contributed by atoms with Crippen molar-refractivity contribution in [1.82, 2.24) is 5.32 Å². The Morgan fingerprint density at radius 3 is 2.88 bits per heavy atom. The van der Waals surface area contributed by atoms with Crippen LogP contribution in [0.25, 0.3) is 0 Å². The summed E-state index contributed by atoms with van der Waals surface area (Å²) in [5.74, 6) is -0.133. The molecule has 1 atom stereocenters. The van der Waals surface area contributed by atoms with Crippen LogP contribution in [0.1, 0.15) is 25.7 Å². The van der Waals surface area contributed by atoms with Crippen molar-refractivity contribution in [3.63, 3.8) is 0 Å². The third-order valence-corrected chi connectivity index (χ3v) is 3.49. The van der Waals surface area contributed by atoms with Gasteiger partial charge in [-0.2, -0.15) is 0 Å². The van der Waals surface area contributed by atoms with Crippen LogP contribution in [0.3, 0.4) is 0 Å². The third-order valence-electron chi connectivity index (χ3n) is 3.49. The van der Waals surface area contributed by atoms with E-state index in [-0.39, 0.29) is 5.82 Å². The topological polar surface area (TPSA) is 15.3 Å². The predicted octanol–water partition coefficient (Wildman–Crippen LogP) is 2.79. The molecule has 1 aliphatic heterocycles. The van der Waals surface area contributed by atoms with Crippen molar-refractivity contribution in [3.05, 3.63) is 30.1 Å². The Hall–Kier alpha value is -1.09. The van der Waals surface area contributed by atoms with Crippen LogP contribution in [0.15, 0.2) is 24.3 Å². The van der Waals surface area contributed by atoms with E-state index in [1.807, 2.05) is 24.1 Å². The maximum atomic E-state index is 13.5. The molecule has 94 valence electrons. The molecule has 2 rings (SSSR count). The van der Waals surface area contributed by atoms with Gasteiger partial charge in [0.15, 0.2) is 0 Å². The predicted molar refractivity (Wildman–Crippen MR) is 69.9 cm³/mol. The number of benzene rings is 1. The van der Waals surface area contributed by atoms with Crippen LogP contribution < -0.4 is 10.2 Å². The van der Waals surface area contributed by atoms with Crippen LogP contribution in [0.5, 0.6) is 0 Å². The maximum Gasteiger partial charge on any atom is 0.146 e. The lowest BCUT2D eigenvalue weighted by atomic mass is 10.0. The van der Waals surface area contributed by atoms with Crippen molar-refractivity contribution in [2.24, 2.45) is 0 Å². The van der Waals surface area contributed by atoms with Gasteiger partial charge < -0.3 is 10.2 Å². The van der Waals surface area contributed by atoms with Crippen molar-refractivity contribution in [3.8, 4) is 0 Å². The fourth-order valence-electron chi connectivity index (χ4n) is 2.40. The zero-order valence-corrected chi connectivity index (χ0v) is 10.5. The summed E-state index contributed by atoms with van der Waals surface area (Å²) in [7, 11) is 1.96. The highest BCUT2D eigenvalue weighted by Crippen LogP contribution is 2.18. The van der Waals surface area contributed by atoms with Gasteiger partial charge in [0.25, 0.3) is 0 Å². The fourth-order valence-corrected chi connectivity index (χ4v) is 2.40. The molecule has 1 aromatic rings. The first-order valence-electron chi connectivity index (χ1n) is 6.46. The van der Waals surface area contributed by atoms with Gasteiger partial charge in [-0.15, -0.1) is 0 Å². The van der Waals surface area contributed by atoms with Crippen molar-refractivity contribution in [2.45, 2.75) is 31.7 Å². The number of para-hydroxylation sites is 1. The average Bonchev–Trinajstić information content (AvgIpc) is 2.38. The smallest absolute Gasteiger partial charge is 0.146 e. The van der Waals surface area contributed by atoms with Gasteiger partial charge in [0, 0.05) is 19.6 Å². The quantitative estimate of drug-likeness (QED) is 0.864. The minimum atomic E-state index is -0.133. The van der Waals surface area contributed by atoms with Crippen molar-refractivity contribution >= 4 is 5.69 Å². The molecular formula is C14H21FN2. The Bertz CT molecular complexity index is 348. The van der Waals surface area contributed by atoms with Crippen molar-refractivity contribution < 1.29 is 4.39 Å².